The SMILES string of the molecule is CCc1ccc(C(=O)c2cn(Cc3ccc(OC)cc3)c3cc(OC)c(OC)cc3c2=O)cc1. The van der Waals surface area contributed by atoms with Gasteiger partial charge in [-0.15, -0.1) is 0 Å². The molecule has 0 spiro atoms. The lowest BCUT2D eigenvalue weighted by molar-refractivity contribution is 0.103. The van der Waals surface area contributed by atoms with Crippen molar-refractivity contribution in [3.63, 3.8) is 0 Å². The first-order valence-electron chi connectivity index (χ1n) is 11.0. The van der Waals surface area contributed by atoms with Crippen LogP contribution >= 0.6 is 0 Å². The maximum absolute atomic E-state index is 13.5. The monoisotopic (exact) mass is 457 g/mol. The Hall–Kier alpha value is -4.06. The van der Waals surface area contributed by atoms with E-state index < -0.39 is 0 Å². The zero-order valence-electron chi connectivity index (χ0n) is 19.8. The van der Waals surface area contributed by atoms with Gasteiger partial charge in [0.05, 0.1) is 37.8 Å². The van der Waals surface area contributed by atoms with Crippen molar-refractivity contribution < 1.29 is 19.0 Å². The van der Waals surface area contributed by atoms with Crippen LogP contribution in [0.15, 0.2) is 71.7 Å². The Kier molecular flexibility index (Phi) is 6.68. The van der Waals surface area contributed by atoms with Gasteiger partial charge in [-0.3, -0.25) is 9.59 Å². The number of methoxy groups -OCH3 is 3. The molecule has 3 aromatic carbocycles. The van der Waals surface area contributed by atoms with E-state index in [9.17, 15) is 9.59 Å². The highest BCUT2D eigenvalue weighted by Crippen LogP contribution is 2.31. The number of nitrogens with zero attached hydrogens (tertiary/aromatic N) is 1. The van der Waals surface area contributed by atoms with Crippen LogP contribution in [0.1, 0.15) is 34.0 Å². The van der Waals surface area contributed by atoms with E-state index in [-0.39, 0.29) is 16.8 Å². The van der Waals surface area contributed by atoms with Crippen LogP contribution in [-0.4, -0.2) is 31.7 Å². The van der Waals surface area contributed by atoms with Crippen LogP contribution in [0.25, 0.3) is 10.9 Å². The molecule has 174 valence electrons. The Morgan fingerprint density at radius 1 is 0.824 bits per heavy atom. The van der Waals surface area contributed by atoms with Crippen LogP contribution in [0, 0.1) is 0 Å². The second-order valence-corrected chi connectivity index (χ2v) is 7.95. The highest BCUT2D eigenvalue weighted by Gasteiger charge is 2.19. The fourth-order valence-electron chi connectivity index (χ4n) is 3.98. The van der Waals surface area contributed by atoms with Crippen LogP contribution < -0.4 is 19.6 Å². The predicted molar refractivity (Wildman–Crippen MR) is 133 cm³/mol. The Bertz CT molecular complexity index is 1390. The quantitative estimate of drug-likeness (QED) is 0.353. The van der Waals surface area contributed by atoms with Crippen LogP contribution in [0.5, 0.6) is 17.2 Å². The lowest BCUT2D eigenvalue weighted by Gasteiger charge is -2.16. The summed E-state index contributed by atoms with van der Waals surface area (Å²) in [6.07, 6.45) is 2.51. The van der Waals surface area contributed by atoms with Gasteiger partial charge < -0.3 is 18.8 Å². The summed E-state index contributed by atoms with van der Waals surface area (Å²) in [6.45, 7) is 2.50. The van der Waals surface area contributed by atoms with Crippen LogP contribution in [0.2, 0.25) is 0 Å². The number of pyridine rings is 1. The molecule has 0 saturated carbocycles. The average molecular weight is 458 g/mol. The Labute approximate surface area is 198 Å². The average Bonchev–Trinajstić information content (AvgIpc) is 2.89. The molecule has 0 bridgehead atoms. The summed E-state index contributed by atoms with van der Waals surface area (Å²) in [4.78, 5) is 26.9. The molecule has 1 heterocycles. The summed E-state index contributed by atoms with van der Waals surface area (Å²) >= 11 is 0. The number of fused-ring (bicyclic) bond motifs is 1. The highest BCUT2D eigenvalue weighted by atomic mass is 16.5. The lowest BCUT2D eigenvalue weighted by atomic mass is 10.00. The molecule has 0 aliphatic carbocycles. The summed E-state index contributed by atoms with van der Waals surface area (Å²) < 4.78 is 18.0. The van der Waals surface area contributed by atoms with Crippen LogP contribution in [-0.2, 0) is 13.0 Å². The topological polar surface area (TPSA) is 66.8 Å². The molecule has 0 aliphatic rings. The van der Waals surface area contributed by atoms with Crippen molar-refractivity contribution in [2.75, 3.05) is 21.3 Å². The van der Waals surface area contributed by atoms with Crippen molar-refractivity contribution in [2.45, 2.75) is 19.9 Å². The molecular weight excluding hydrogens is 430 g/mol. The van der Waals surface area contributed by atoms with E-state index in [0.717, 1.165) is 23.3 Å². The van der Waals surface area contributed by atoms with Crippen molar-refractivity contribution in [3.05, 3.63) is 99.3 Å². The Morgan fingerprint density at radius 3 is 2.03 bits per heavy atom. The molecule has 4 rings (SSSR count). The van der Waals surface area contributed by atoms with Crippen molar-refractivity contribution in [3.8, 4) is 17.2 Å². The fourth-order valence-corrected chi connectivity index (χ4v) is 3.98. The third-order valence-electron chi connectivity index (χ3n) is 5.97. The summed E-state index contributed by atoms with van der Waals surface area (Å²) in [5.74, 6) is 1.38. The molecule has 0 N–H and O–H groups in total. The Morgan fingerprint density at radius 2 is 1.44 bits per heavy atom. The summed E-state index contributed by atoms with van der Waals surface area (Å²) in [5.41, 5.74) is 3.01. The van der Waals surface area contributed by atoms with Gasteiger partial charge in [0.15, 0.2) is 17.3 Å². The summed E-state index contributed by atoms with van der Waals surface area (Å²) in [7, 11) is 4.69. The lowest BCUT2D eigenvalue weighted by Crippen LogP contribution is -2.20. The highest BCUT2D eigenvalue weighted by molar-refractivity contribution is 6.10. The maximum Gasteiger partial charge on any atom is 0.200 e. The number of hydrogen-bond acceptors (Lipinski definition) is 5. The summed E-state index contributed by atoms with van der Waals surface area (Å²) in [6, 6.07) is 18.4. The maximum atomic E-state index is 13.5. The first-order chi connectivity index (χ1) is 16.5. The molecule has 0 saturated heterocycles. The van der Waals surface area contributed by atoms with Gasteiger partial charge in [0.2, 0.25) is 5.43 Å². The minimum Gasteiger partial charge on any atom is -0.497 e. The number of hydrogen-bond donors (Lipinski definition) is 0. The molecule has 1 aromatic heterocycles. The van der Waals surface area contributed by atoms with Gasteiger partial charge in [0.25, 0.3) is 0 Å². The summed E-state index contributed by atoms with van der Waals surface area (Å²) in [5, 5.41) is 0.391. The van der Waals surface area contributed by atoms with Gasteiger partial charge in [-0.2, -0.15) is 0 Å². The van der Waals surface area contributed by atoms with Gasteiger partial charge in [-0.25, -0.2) is 0 Å². The van der Waals surface area contributed by atoms with E-state index in [1.807, 2.05) is 41.0 Å². The predicted octanol–water partition coefficient (Wildman–Crippen LogP) is 4.87. The number of aromatic nitrogens is 1. The molecule has 0 atom stereocenters. The molecule has 0 fully saturated rings. The number of carbonyl (C=O) groups excluding carboxylic acids is 1. The number of benzene rings is 3. The van der Waals surface area contributed by atoms with Crippen LogP contribution in [0.4, 0.5) is 0 Å². The molecule has 0 unspecified atom stereocenters. The molecule has 34 heavy (non-hydrogen) atoms. The first-order valence-corrected chi connectivity index (χ1v) is 11.0. The van der Waals surface area contributed by atoms with Crippen molar-refractivity contribution >= 4 is 16.7 Å². The molecular formula is C28H27NO5. The largest absolute Gasteiger partial charge is 0.497 e. The van der Waals surface area contributed by atoms with Crippen molar-refractivity contribution in [1.29, 1.82) is 0 Å². The fraction of sp³-hybridized carbons (Fsp3) is 0.214. The van der Waals surface area contributed by atoms with E-state index in [1.54, 1.807) is 44.7 Å². The third kappa shape index (κ3) is 4.39. The van der Waals surface area contributed by atoms with Gasteiger partial charge in [-0.1, -0.05) is 43.3 Å². The number of rotatable bonds is 8. The van der Waals surface area contributed by atoms with Crippen molar-refractivity contribution in [1.82, 2.24) is 4.57 Å². The Balaban J connectivity index is 1.90. The zero-order valence-corrected chi connectivity index (χ0v) is 19.8. The minimum absolute atomic E-state index is 0.109. The molecule has 4 aromatic rings. The van der Waals surface area contributed by atoms with Crippen LogP contribution in [0.3, 0.4) is 0 Å². The second-order valence-electron chi connectivity index (χ2n) is 7.95. The zero-order chi connectivity index (χ0) is 24.2. The standard InChI is InChI=1S/C28H27NO5/c1-5-18-6-10-20(11-7-18)27(30)23-17-29(16-19-8-12-21(32-2)13-9-19)24-15-26(34-4)25(33-3)14-22(24)28(23)31/h6-15,17H,5,16H2,1-4H3. The normalized spacial score (nSPS) is 10.8. The van der Waals surface area contributed by atoms with Gasteiger partial charge in [0, 0.05) is 24.4 Å². The van der Waals surface area contributed by atoms with Gasteiger partial charge in [-0.05, 0) is 35.7 Å². The van der Waals surface area contributed by atoms with E-state index in [2.05, 4.69) is 6.92 Å². The van der Waals surface area contributed by atoms with Gasteiger partial charge >= 0.3 is 0 Å². The van der Waals surface area contributed by atoms with E-state index in [1.165, 1.54) is 7.11 Å². The van der Waals surface area contributed by atoms with E-state index in [4.69, 9.17) is 14.2 Å². The van der Waals surface area contributed by atoms with Crippen molar-refractivity contribution in [2.24, 2.45) is 0 Å². The minimum atomic E-state index is -0.341. The number of carbonyl (C=O) groups is 1. The van der Waals surface area contributed by atoms with E-state index in [0.29, 0.717) is 34.5 Å². The van der Waals surface area contributed by atoms with Gasteiger partial charge in [0.1, 0.15) is 5.75 Å². The van der Waals surface area contributed by atoms with E-state index >= 15 is 0 Å². The molecule has 6 heteroatoms. The smallest absolute Gasteiger partial charge is 0.200 e. The second kappa shape index (κ2) is 9.83. The molecule has 0 aliphatic heterocycles. The number of ketones is 1. The first kappa shape index (κ1) is 23.1. The molecule has 0 amide bonds. The molecule has 6 nitrogen and oxygen atoms in total. The molecule has 0 radical (unpaired) electrons. The number of ether oxygens (including phenoxy) is 3. The third-order valence-corrected chi connectivity index (χ3v) is 5.97. The number of aryl methyl sites for hydroxylation is 1.